The zero-order chi connectivity index (χ0) is 21.1. The number of carbonyl (C=O) groups excluding carboxylic acids is 1. The summed E-state index contributed by atoms with van der Waals surface area (Å²) < 4.78 is 2.08. The average Bonchev–Trinajstić information content (AvgIpc) is 2.73. The molecule has 2 aromatic rings. The summed E-state index contributed by atoms with van der Waals surface area (Å²) in [5.41, 5.74) is 2.40. The van der Waals surface area contributed by atoms with Gasteiger partial charge in [-0.3, -0.25) is 14.5 Å². The molecule has 5 nitrogen and oxygen atoms in total. The molecule has 1 saturated heterocycles. The minimum Gasteiger partial charge on any atom is -0.351 e. The van der Waals surface area contributed by atoms with Gasteiger partial charge in [-0.05, 0) is 42.7 Å². The molecule has 4 rings (SSSR count). The normalized spacial score (nSPS) is 23.2. The molecule has 30 heavy (non-hydrogen) atoms. The van der Waals surface area contributed by atoms with Crippen LogP contribution in [0.5, 0.6) is 0 Å². The van der Waals surface area contributed by atoms with Crippen molar-refractivity contribution in [1.82, 2.24) is 14.8 Å². The van der Waals surface area contributed by atoms with Crippen LogP contribution in [0.3, 0.4) is 0 Å². The van der Waals surface area contributed by atoms with Gasteiger partial charge in [-0.1, -0.05) is 50.2 Å². The summed E-state index contributed by atoms with van der Waals surface area (Å²) in [5.74, 6) is 1.45. The summed E-state index contributed by atoms with van der Waals surface area (Å²) in [6, 6.07) is 16.0. The molecule has 1 aromatic heterocycles. The van der Waals surface area contributed by atoms with Crippen molar-refractivity contribution in [2.45, 2.75) is 51.6 Å². The van der Waals surface area contributed by atoms with Crippen molar-refractivity contribution in [3.05, 3.63) is 70.1 Å². The number of aromatic nitrogens is 1. The molecule has 0 saturated carbocycles. The van der Waals surface area contributed by atoms with E-state index in [9.17, 15) is 9.59 Å². The van der Waals surface area contributed by atoms with Gasteiger partial charge in [-0.25, -0.2) is 0 Å². The topological polar surface area (TPSA) is 54.3 Å². The first-order valence-electron chi connectivity index (χ1n) is 11.3. The van der Waals surface area contributed by atoms with Crippen LogP contribution in [0.4, 0.5) is 0 Å². The number of nitrogens with zero attached hydrogens (tertiary/aromatic N) is 2. The third-order valence-corrected chi connectivity index (χ3v) is 6.61. The summed E-state index contributed by atoms with van der Waals surface area (Å²) in [4.78, 5) is 27.6. The van der Waals surface area contributed by atoms with Gasteiger partial charge in [0.15, 0.2) is 0 Å². The lowest BCUT2D eigenvalue weighted by Crippen LogP contribution is -2.51. The van der Waals surface area contributed by atoms with Crippen molar-refractivity contribution in [1.29, 1.82) is 0 Å². The van der Waals surface area contributed by atoms with Gasteiger partial charge in [0.1, 0.15) is 0 Å². The van der Waals surface area contributed by atoms with E-state index in [1.807, 2.05) is 36.4 Å². The van der Waals surface area contributed by atoms with E-state index in [0.29, 0.717) is 30.8 Å². The largest absolute Gasteiger partial charge is 0.351 e. The standard InChI is InChI=1S/C25H33N3O2/c1-18(2)11-12-23-21-13-20(22-9-6-10-25(30)28(22)23)15-27(16-21)17-24(29)26-14-19-7-4-3-5-8-19/h3-10,18,20-21,23H,11-17H2,1-2H3,(H,26,29)/t20-,21+,23+/m1/s1. The van der Waals surface area contributed by atoms with Gasteiger partial charge in [0.25, 0.3) is 5.56 Å². The number of carbonyl (C=O) groups is 1. The van der Waals surface area contributed by atoms with E-state index in [4.69, 9.17) is 0 Å². The Morgan fingerprint density at radius 1 is 1.10 bits per heavy atom. The maximum absolute atomic E-state index is 12.7. The van der Waals surface area contributed by atoms with Crippen LogP contribution in [0.25, 0.3) is 0 Å². The Labute approximate surface area is 179 Å². The molecule has 1 amide bonds. The van der Waals surface area contributed by atoms with Gasteiger partial charge >= 0.3 is 0 Å². The van der Waals surface area contributed by atoms with Crippen molar-refractivity contribution in [2.24, 2.45) is 11.8 Å². The smallest absolute Gasteiger partial charge is 0.250 e. The van der Waals surface area contributed by atoms with Crippen molar-refractivity contribution in [3.8, 4) is 0 Å². The quantitative estimate of drug-likeness (QED) is 0.764. The number of rotatable bonds is 7. The lowest BCUT2D eigenvalue weighted by molar-refractivity contribution is -0.123. The first-order valence-corrected chi connectivity index (χ1v) is 11.3. The molecule has 2 aliphatic heterocycles. The fourth-order valence-electron chi connectivity index (χ4n) is 5.19. The van der Waals surface area contributed by atoms with E-state index >= 15 is 0 Å². The van der Waals surface area contributed by atoms with Gasteiger partial charge in [0.05, 0.1) is 6.54 Å². The zero-order valence-electron chi connectivity index (χ0n) is 18.1. The second-order valence-electron chi connectivity index (χ2n) is 9.35. The van der Waals surface area contributed by atoms with E-state index in [-0.39, 0.29) is 17.5 Å². The molecule has 3 heterocycles. The number of fused-ring (bicyclic) bond motifs is 4. The monoisotopic (exact) mass is 407 g/mol. The third kappa shape index (κ3) is 4.67. The lowest BCUT2D eigenvalue weighted by Gasteiger charge is -2.47. The van der Waals surface area contributed by atoms with Crippen molar-refractivity contribution in [2.75, 3.05) is 19.6 Å². The van der Waals surface area contributed by atoms with Gasteiger partial charge in [0, 0.05) is 43.4 Å². The summed E-state index contributed by atoms with van der Waals surface area (Å²) in [6.07, 6.45) is 3.26. The average molecular weight is 408 g/mol. The van der Waals surface area contributed by atoms with Crippen LogP contribution >= 0.6 is 0 Å². The molecule has 2 bridgehead atoms. The Kier molecular flexibility index (Phi) is 6.38. The number of pyridine rings is 1. The van der Waals surface area contributed by atoms with Crippen LogP contribution in [0.1, 0.15) is 56.3 Å². The number of nitrogens with one attached hydrogen (secondary N) is 1. The highest BCUT2D eigenvalue weighted by molar-refractivity contribution is 5.78. The van der Waals surface area contributed by atoms with E-state index in [1.165, 1.54) is 0 Å². The maximum atomic E-state index is 12.7. The van der Waals surface area contributed by atoms with Crippen LogP contribution in [0.2, 0.25) is 0 Å². The molecule has 160 valence electrons. The molecule has 0 unspecified atom stereocenters. The Balaban J connectivity index is 1.45. The summed E-state index contributed by atoms with van der Waals surface area (Å²) in [5, 5.41) is 3.06. The fraction of sp³-hybridized carbons (Fsp3) is 0.520. The highest BCUT2D eigenvalue weighted by Gasteiger charge is 2.40. The molecule has 3 atom stereocenters. The lowest BCUT2D eigenvalue weighted by atomic mass is 9.76. The van der Waals surface area contributed by atoms with E-state index in [0.717, 1.165) is 43.6 Å². The summed E-state index contributed by atoms with van der Waals surface area (Å²) in [7, 11) is 0. The number of benzene rings is 1. The minimum absolute atomic E-state index is 0.0722. The zero-order valence-corrected chi connectivity index (χ0v) is 18.1. The number of amides is 1. The van der Waals surface area contributed by atoms with Gasteiger partial charge in [-0.2, -0.15) is 0 Å². The first-order chi connectivity index (χ1) is 14.5. The number of hydrogen-bond acceptors (Lipinski definition) is 3. The molecule has 0 radical (unpaired) electrons. The van der Waals surface area contributed by atoms with Crippen molar-refractivity contribution >= 4 is 5.91 Å². The summed E-state index contributed by atoms with van der Waals surface area (Å²) >= 11 is 0. The van der Waals surface area contributed by atoms with Crippen LogP contribution in [-0.4, -0.2) is 35.0 Å². The Hall–Kier alpha value is -2.40. The van der Waals surface area contributed by atoms with E-state index in [1.54, 1.807) is 6.07 Å². The predicted octanol–water partition coefficient (Wildman–Crippen LogP) is 3.56. The number of likely N-dealkylation sites (tertiary alicyclic amines) is 1. The van der Waals surface area contributed by atoms with Gasteiger partial charge in [0.2, 0.25) is 5.91 Å². The predicted molar refractivity (Wildman–Crippen MR) is 119 cm³/mol. The second-order valence-corrected chi connectivity index (χ2v) is 9.35. The molecule has 0 aliphatic carbocycles. The molecular weight excluding hydrogens is 374 g/mol. The number of hydrogen-bond donors (Lipinski definition) is 1. The van der Waals surface area contributed by atoms with Crippen LogP contribution in [0.15, 0.2) is 53.3 Å². The van der Waals surface area contributed by atoms with Crippen LogP contribution < -0.4 is 10.9 Å². The molecule has 5 heteroatoms. The van der Waals surface area contributed by atoms with Crippen LogP contribution in [-0.2, 0) is 11.3 Å². The van der Waals surface area contributed by atoms with E-state index in [2.05, 4.69) is 34.7 Å². The number of piperidine rings is 1. The maximum Gasteiger partial charge on any atom is 0.250 e. The minimum atomic E-state index is 0.0722. The van der Waals surface area contributed by atoms with Crippen molar-refractivity contribution < 1.29 is 4.79 Å². The highest BCUT2D eigenvalue weighted by atomic mass is 16.2. The van der Waals surface area contributed by atoms with Crippen molar-refractivity contribution in [3.63, 3.8) is 0 Å². The fourth-order valence-corrected chi connectivity index (χ4v) is 5.19. The molecule has 1 fully saturated rings. The Morgan fingerprint density at radius 3 is 2.67 bits per heavy atom. The molecule has 1 N–H and O–H groups in total. The van der Waals surface area contributed by atoms with Gasteiger partial charge < -0.3 is 9.88 Å². The molecule has 2 aliphatic rings. The molecular formula is C25H33N3O2. The SMILES string of the molecule is CC(C)CC[C@H]1[C@H]2C[C@H](CN(CC(=O)NCc3ccccc3)C2)c2cccc(=O)n21. The van der Waals surface area contributed by atoms with E-state index < -0.39 is 0 Å². The third-order valence-electron chi connectivity index (χ3n) is 6.61. The second kappa shape index (κ2) is 9.17. The summed E-state index contributed by atoms with van der Waals surface area (Å²) in [6.45, 7) is 7.20. The Morgan fingerprint density at radius 2 is 1.90 bits per heavy atom. The Bertz CT molecular complexity index is 921. The first kappa shape index (κ1) is 20.9. The molecule has 1 aromatic carbocycles. The van der Waals surface area contributed by atoms with Gasteiger partial charge in [-0.15, -0.1) is 0 Å². The highest BCUT2D eigenvalue weighted by Crippen LogP contribution is 2.43. The molecule has 0 spiro atoms. The van der Waals surface area contributed by atoms with Crippen LogP contribution in [0, 0.1) is 11.8 Å².